The third-order valence-corrected chi connectivity index (χ3v) is 6.43. The first-order valence-corrected chi connectivity index (χ1v) is 11.1. The summed E-state index contributed by atoms with van der Waals surface area (Å²) in [5, 5.41) is 2.87. The highest BCUT2D eigenvalue weighted by atomic mass is 35.5. The van der Waals surface area contributed by atoms with Gasteiger partial charge in [0.1, 0.15) is 5.70 Å². The first kappa shape index (κ1) is 20.9. The molecule has 2 aliphatic heterocycles. The smallest absolute Gasteiger partial charge is 0.271 e. The molecule has 1 amide bonds. The van der Waals surface area contributed by atoms with Crippen LogP contribution in [0.4, 0.5) is 0 Å². The lowest BCUT2D eigenvalue weighted by atomic mass is 9.90. The van der Waals surface area contributed by atoms with Crippen LogP contribution in [0, 0.1) is 5.92 Å². The molecule has 0 radical (unpaired) electrons. The van der Waals surface area contributed by atoms with Crippen molar-refractivity contribution in [2.75, 3.05) is 6.54 Å². The number of aryl methyl sites for hydroxylation is 1. The van der Waals surface area contributed by atoms with Gasteiger partial charge in [0.25, 0.3) is 5.91 Å². The zero-order valence-electron chi connectivity index (χ0n) is 17.9. The van der Waals surface area contributed by atoms with E-state index in [0.29, 0.717) is 13.1 Å². The van der Waals surface area contributed by atoms with E-state index in [9.17, 15) is 4.79 Å². The molecule has 2 aromatic rings. The van der Waals surface area contributed by atoms with E-state index < -0.39 is 0 Å². The quantitative estimate of drug-likeness (QED) is 0.755. The van der Waals surface area contributed by atoms with Crippen molar-refractivity contribution in [3.05, 3.63) is 64.8 Å². The molecule has 3 heterocycles. The Hall–Kier alpha value is -2.31. The van der Waals surface area contributed by atoms with Crippen LogP contribution in [-0.4, -0.2) is 38.0 Å². The highest BCUT2D eigenvalue weighted by Crippen LogP contribution is 2.35. The van der Waals surface area contributed by atoms with Gasteiger partial charge in [-0.1, -0.05) is 50.4 Å². The summed E-state index contributed by atoms with van der Waals surface area (Å²) in [6, 6.07) is 8.34. The summed E-state index contributed by atoms with van der Waals surface area (Å²) in [7, 11) is 1.97. The number of aromatic nitrogens is 2. The first-order valence-electron chi connectivity index (χ1n) is 10.7. The van der Waals surface area contributed by atoms with Crippen molar-refractivity contribution in [2.45, 2.75) is 51.7 Å². The molecule has 3 atom stereocenters. The number of hydrazine groups is 1. The molecule has 1 aromatic heterocycles. The third kappa shape index (κ3) is 4.12. The Morgan fingerprint density at radius 3 is 2.70 bits per heavy atom. The van der Waals surface area contributed by atoms with Crippen LogP contribution in [0.2, 0.25) is 5.02 Å². The van der Waals surface area contributed by atoms with Crippen molar-refractivity contribution < 1.29 is 4.79 Å². The number of rotatable bonds is 6. The van der Waals surface area contributed by atoms with Crippen molar-refractivity contribution in [3.8, 4) is 0 Å². The number of benzene rings is 1. The van der Waals surface area contributed by atoms with Crippen LogP contribution in [0.25, 0.3) is 0 Å². The molecule has 7 heteroatoms. The summed E-state index contributed by atoms with van der Waals surface area (Å²) in [6.45, 7) is 5.65. The van der Waals surface area contributed by atoms with Gasteiger partial charge in [-0.05, 0) is 36.1 Å². The van der Waals surface area contributed by atoms with Crippen molar-refractivity contribution in [1.29, 1.82) is 0 Å². The van der Waals surface area contributed by atoms with Crippen LogP contribution < -0.4 is 5.43 Å². The Balaban J connectivity index is 1.62. The fraction of sp³-hybridized carbons (Fsp3) is 0.478. The van der Waals surface area contributed by atoms with Crippen LogP contribution in [0.1, 0.15) is 50.4 Å². The van der Waals surface area contributed by atoms with E-state index >= 15 is 0 Å². The fourth-order valence-electron chi connectivity index (χ4n) is 4.40. The number of carbonyl (C=O) groups is 1. The maximum atomic E-state index is 13.4. The van der Waals surface area contributed by atoms with Gasteiger partial charge in [0.05, 0.1) is 30.6 Å². The van der Waals surface area contributed by atoms with Crippen molar-refractivity contribution >= 4 is 17.5 Å². The Morgan fingerprint density at radius 2 is 2.03 bits per heavy atom. The molecule has 1 aromatic carbocycles. The van der Waals surface area contributed by atoms with E-state index in [4.69, 9.17) is 11.6 Å². The predicted octanol–water partition coefficient (Wildman–Crippen LogP) is 4.06. The highest BCUT2D eigenvalue weighted by molar-refractivity contribution is 6.30. The SMILES string of the molecule is CCCCC1CN(Cc2cncn2C)C(=O)C2=CC(C)C(c3ccc(Cl)cc3)NN21. The molecule has 6 nitrogen and oxygen atoms in total. The maximum Gasteiger partial charge on any atom is 0.271 e. The largest absolute Gasteiger partial charge is 0.336 e. The van der Waals surface area contributed by atoms with Gasteiger partial charge >= 0.3 is 0 Å². The molecule has 1 saturated heterocycles. The molecule has 1 N–H and O–H groups in total. The van der Waals surface area contributed by atoms with E-state index in [2.05, 4.69) is 47.5 Å². The second-order valence-corrected chi connectivity index (χ2v) is 8.85. The summed E-state index contributed by atoms with van der Waals surface area (Å²) in [5.41, 5.74) is 6.67. The Morgan fingerprint density at radius 1 is 1.27 bits per heavy atom. The molecule has 0 bridgehead atoms. The molecule has 4 rings (SSSR count). The number of carbonyl (C=O) groups excluding carboxylic acids is 1. The number of halogens is 1. The van der Waals surface area contributed by atoms with Gasteiger partial charge in [-0.25, -0.2) is 10.4 Å². The molecule has 0 aliphatic carbocycles. The average Bonchev–Trinajstić information content (AvgIpc) is 3.14. The number of fused-ring (bicyclic) bond motifs is 1. The number of nitrogens with zero attached hydrogens (tertiary/aromatic N) is 4. The third-order valence-electron chi connectivity index (χ3n) is 6.18. The first-order chi connectivity index (χ1) is 14.5. The van der Waals surface area contributed by atoms with Crippen LogP contribution >= 0.6 is 11.6 Å². The zero-order valence-corrected chi connectivity index (χ0v) is 18.6. The lowest BCUT2D eigenvalue weighted by molar-refractivity contribution is -0.137. The van der Waals surface area contributed by atoms with Gasteiger partial charge in [0.15, 0.2) is 0 Å². The number of unbranched alkanes of at least 4 members (excludes halogenated alkanes) is 1. The zero-order chi connectivity index (χ0) is 21.3. The van der Waals surface area contributed by atoms with E-state index in [1.807, 2.05) is 34.8 Å². The normalized spacial score (nSPS) is 24.1. The van der Waals surface area contributed by atoms with Crippen LogP contribution in [0.5, 0.6) is 0 Å². The molecule has 1 fully saturated rings. The average molecular weight is 428 g/mol. The van der Waals surface area contributed by atoms with Crippen LogP contribution in [0.3, 0.4) is 0 Å². The van der Waals surface area contributed by atoms with Crippen molar-refractivity contribution in [1.82, 2.24) is 24.9 Å². The summed E-state index contributed by atoms with van der Waals surface area (Å²) in [5.74, 6) is 0.266. The van der Waals surface area contributed by atoms with Gasteiger partial charge in [-0.3, -0.25) is 9.80 Å². The standard InChI is InChI=1S/C23H30ClN5O/c1-4-5-6-19-13-28(14-20-12-25-15-27(20)3)23(30)21-11-16(2)22(26-29(19)21)17-7-9-18(24)10-8-17/h7-12,15-16,19,22,26H,4-6,13-14H2,1-3H3. The number of hydrogen-bond donors (Lipinski definition) is 1. The summed E-state index contributed by atoms with van der Waals surface area (Å²) >= 11 is 6.08. The number of imidazole rings is 1. The number of nitrogens with one attached hydrogen (secondary N) is 1. The van der Waals surface area contributed by atoms with Crippen molar-refractivity contribution in [2.24, 2.45) is 13.0 Å². The monoisotopic (exact) mass is 427 g/mol. The molecule has 30 heavy (non-hydrogen) atoms. The highest BCUT2D eigenvalue weighted by Gasteiger charge is 2.40. The Labute approximate surface area is 183 Å². The fourth-order valence-corrected chi connectivity index (χ4v) is 4.52. The van der Waals surface area contributed by atoms with Gasteiger partial charge in [0, 0.05) is 24.8 Å². The summed E-state index contributed by atoms with van der Waals surface area (Å²) < 4.78 is 1.98. The van der Waals surface area contributed by atoms with Crippen LogP contribution in [0.15, 0.2) is 48.6 Å². The lowest BCUT2D eigenvalue weighted by Crippen LogP contribution is -2.61. The van der Waals surface area contributed by atoms with Gasteiger partial charge in [-0.15, -0.1) is 0 Å². The summed E-state index contributed by atoms with van der Waals surface area (Å²) in [6.07, 6.45) is 9.06. The predicted molar refractivity (Wildman–Crippen MR) is 118 cm³/mol. The summed E-state index contributed by atoms with van der Waals surface area (Å²) in [4.78, 5) is 19.6. The second-order valence-electron chi connectivity index (χ2n) is 8.42. The van der Waals surface area contributed by atoms with E-state index in [-0.39, 0.29) is 23.9 Å². The minimum absolute atomic E-state index is 0.0813. The van der Waals surface area contributed by atoms with E-state index in [1.54, 1.807) is 6.33 Å². The molecule has 0 spiro atoms. The second kappa shape index (κ2) is 8.82. The molecule has 2 aliphatic rings. The molecule has 3 unspecified atom stereocenters. The topological polar surface area (TPSA) is 53.4 Å². The van der Waals surface area contributed by atoms with Crippen LogP contribution in [-0.2, 0) is 18.4 Å². The number of piperazine rings is 1. The van der Waals surface area contributed by atoms with Crippen molar-refractivity contribution in [3.63, 3.8) is 0 Å². The van der Waals surface area contributed by atoms with E-state index in [0.717, 1.165) is 35.7 Å². The number of amides is 1. The Bertz CT molecular complexity index is 922. The minimum Gasteiger partial charge on any atom is -0.336 e. The van der Waals surface area contributed by atoms with Gasteiger partial charge < -0.3 is 9.47 Å². The molecular formula is C23H30ClN5O. The van der Waals surface area contributed by atoms with Gasteiger partial charge in [0.2, 0.25) is 0 Å². The van der Waals surface area contributed by atoms with Gasteiger partial charge in [-0.2, -0.15) is 0 Å². The van der Waals surface area contributed by atoms with E-state index in [1.165, 1.54) is 5.56 Å². The molecule has 0 saturated carbocycles. The lowest BCUT2D eigenvalue weighted by Gasteiger charge is -2.48. The minimum atomic E-state index is 0.0813. The maximum absolute atomic E-state index is 13.4. The Kier molecular flexibility index (Phi) is 6.16. The molecular weight excluding hydrogens is 398 g/mol. The number of hydrogen-bond acceptors (Lipinski definition) is 4. The molecule has 160 valence electrons.